The van der Waals surface area contributed by atoms with Crippen molar-refractivity contribution in [3.8, 4) is 11.5 Å². The molecule has 20 heavy (non-hydrogen) atoms. The lowest BCUT2D eigenvalue weighted by molar-refractivity contribution is -0.935. The maximum atomic E-state index is 5.60. The second kappa shape index (κ2) is 3.59. The predicted octanol–water partition coefficient (Wildman–Crippen LogP) is 2.95. The van der Waals surface area contributed by atoms with Gasteiger partial charge in [0.05, 0.1) is 13.6 Å². The first-order valence-electron chi connectivity index (χ1n) is 7.70. The number of hydrogen-bond donors (Lipinski definition) is 0. The van der Waals surface area contributed by atoms with Crippen LogP contribution >= 0.6 is 0 Å². The van der Waals surface area contributed by atoms with E-state index in [0.29, 0.717) is 12.7 Å². The van der Waals surface area contributed by atoms with Crippen molar-refractivity contribution < 1.29 is 14.0 Å². The van der Waals surface area contributed by atoms with Crippen LogP contribution in [0.4, 0.5) is 0 Å². The van der Waals surface area contributed by atoms with E-state index in [-0.39, 0.29) is 0 Å². The van der Waals surface area contributed by atoms with Gasteiger partial charge in [0.15, 0.2) is 11.5 Å². The molecule has 4 aliphatic rings. The molecule has 3 atom stereocenters. The van der Waals surface area contributed by atoms with Gasteiger partial charge in [0.2, 0.25) is 6.79 Å². The molecule has 104 valence electrons. The van der Waals surface area contributed by atoms with E-state index in [1.807, 2.05) is 0 Å². The lowest BCUT2D eigenvalue weighted by atomic mass is 9.75. The minimum atomic E-state index is 0.379. The molecule has 3 heteroatoms. The van der Waals surface area contributed by atoms with Crippen LogP contribution in [0.15, 0.2) is 23.8 Å². The maximum absolute atomic E-state index is 5.60. The predicted molar refractivity (Wildman–Crippen MR) is 75.8 cm³/mol. The molecule has 1 aromatic carbocycles. The van der Waals surface area contributed by atoms with Crippen molar-refractivity contribution in [3.05, 3.63) is 34.9 Å². The SMILES string of the molecule is C[N@@+]12CCC3=CCC[C@@H](c4cc5c(cc4C1)OCO5)[C@@H]32. The quantitative estimate of drug-likeness (QED) is 0.533. The molecule has 3 aliphatic heterocycles. The van der Waals surface area contributed by atoms with E-state index in [9.17, 15) is 0 Å². The summed E-state index contributed by atoms with van der Waals surface area (Å²) in [5, 5.41) is 0. The smallest absolute Gasteiger partial charge is 0.231 e. The Morgan fingerprint density at radius 3 is 2.95 bits per heavy atom. The molecule has 0 unspecified atom stereocenters. The van der Waals surface area contributed by atoms with Crippen LogP contribution in [0, 0.1) is 0 Å². The Labute approximate surface area is 119 Å². The molecule has 1 saturated heterocycles. The van der Waals surface area contributed by atoms with Crippen LogP contribution in [0.1, 0.15) is 36.3 Å². The van der Waals surface area contributed by atoms with Gasteiger partial charge in [0.1, 0.15) is 12.6 Å². The Hall–Kier alpha value is -1.48. The second-order valence-electron chi connectivity index (χ2n) is 6.92. The molecule has 3 heterocycles. The summed E-state index contributed by atoms with van der Waals surface area (Å²) in [5.41, 5.74) is 4.73. The number of fused-ring (bicyclic) bond motifs is 3. The van der Waals surface area contributed by atoms with Gasteiger partial charge in [-0.05, 0) is 36.1 Å². The molecule has 0 saturated carbocycles. The number of quaternary nitrogens is 1. The van der Waals surface area contributed by atoms with Crippen LogP contribution in [-0.2, 0) is 6.54 Å². The summed E-state index contributed by atoms with van der Waals surface area (Å²) in [6.45, 7) is 2.81. The van der Waals surface area contributed by atoms with E-state index in [1.165, 1.54) is 41.4 Å². The highest BCUT2D eigenvalue weighted by molar-refractivity contribution is 5.51. The molecule has 0 radical (unpaired) electrons. The summed E-state index contributed by atoms with van der Waals surface area (Å²) < 4.78 is 12.4. The molecule has 1 aliphatic carbocycles. The maximum Gasteiger partial charge on any atom is 0.231 e. The number of allylic oxidation sites excluding steroid dienone is 1. The fraction of sp³-hybridized carbons (Fsp3) is 0.529. The van der Waals surface area contributed by atoms with Crippen LogP contribution < -0.4 is 9.47 Å². The van der Waals surface area contributed by atoms with Gasteiger partial charge in [-0.1, -0.05) is 6.08 Å². The highest BCUT2D eigenvalue weighted by Gasteiger charge is 2.51. The molecule has 3 nitrogen and oxygen atoms in total. The monoisotopic (exact) mass is 270 g/mol. The van der Waals surface area contributed by atoms with E-state index < -0.39 is 0 Å². The van der Waals surface area contributed by atoms with Gasteiger partial charge in [-0.2, -0.15) is 0 Å². The third-order valence-corrected chi connectivity index (χ3v) is 5.79. The van der Waals surface area contributed by atoms with Gasteiger partial charge in [-0.15, -0.1) is 0 Å². The first kappa shape index (κ1) is 11.2. The van der Waals surface area contributed by atoms with E-state index in [4.69, 9.17) is 9.47 Å². The molecule has 0 bridgehead atoms. The van der Waals surface area contributed by atoms with Crippen molar-refractivity contribution in [2.24, 2.45) is 0 Å². The molecule has 1 aromatic rings. The number of rotatable bonds is 0. The van der Waals surface area contributed by atoms with Crippen molar-refractivity contribution in [3.63, 3.8) is 0 Å². The van der Waals surface area contributed by atoms with E-state index in [0.717, 1.165) is 24.1 Å². The fourth-order valence-electron chi connectivity index (χ4n) is 4.97. The normalized spacial score (nSPS) is 36.4. The second-order valence-corrected chi connectivity index (χ2v) is 6.92. The van der Waals surface area contributed by atoms with Gasteiger partial charge in [0.25, 0.3) is 0 Å². The zero-order valence-electron chi connectivity index (χ0n) is 11.9. The number of hydrogen-bond acceptors (Lipinski definition) is 2. The molecule has 0 spiro atoms. The minimum absolute atomic E-state index is 0.379. The third-order valence-electron chi connectivity index (χ3n) is 5.79. The average Bonchev–Trinajstić information content (AvgIpc) is 3.03. The van der Waals surface area contributed by atoms with Gasteiger partial charge < -0.3 is 14.0 Å². The summed E-state index contributed by atoms with van der Waals surface area (Å²) in [6.07, 6.45) is 6.33. The van der Waals surface area contributed by atoms with Crippen LogP contribution in [-0.4, -0.2) is 30.9 Å². The Bertz CT molecular complexity index is 636. The summed E-state index contributed by atoms with van der Waals surface area (Å²) in [5.74, 6) is 2.58. The minimum Gasteiger partial charge on any atom is -0.454 e. The van der Waals surface area contributed by atoms with Crippen LogP contribution in [0.5, 0.6) is 11.5 Å². The lowest BCUT2D eigenvalue weighted by Gasteiger charge is -2.46. The first-order valence-corrected chi connectivity index (χ1v) is 7.70. The molecule has 5 rings (SSSR count). The first-order chi connectivity index (χ1) is 9.74. The zero-order chi connectivity index (χ0) is 13.3. The van der Waals surface area contributed by atoms with Crippen LogP contribution in [0.25, 0.3) is 0 Å². The van der Waals surface area contributed by atoms with E-state index in [2.05, 4.69) is 25.3 Å². The number of nitrogens with zero attached hydrogens (tertiary/aromatic N) is 1. The topological polar surface area (TPSA) is 18.5 Å². The average molecular weight is 270 g/mol. The van der Waals surface area contributed by atoms with Crippen molar-refractivity contribution in [1.82, 2.24) is 0 Å². The summed E-state index contributed by atoms with van der Waals surface area (Å²) in [6, 6.07) is 5.23. The van der Waals surface area contributed by atoms with Crippen molar-refractivity contribution in [2.75, 3.05) is 20.4 Å². The highest BCUT2D eigenvalue weighted by atomic mass is 16.7. The number of likely N-dealkylation sites (N-methyl/N-ethyl adjacent to an activating group) is 1. The Morgan fingerprint density at radius 1 is 1.20 bits per heavy atom. The number of ether oxygens (including phenoxy) is 2. The molecule has 0 amide bonds. The highest BCUT2D eigenvalue weighted by Crippen LogP contribution is 2.52. The summed E-state index contributed by atoms with van der Waals surface area (Å²) in [4.78, 5) is 0. The van der Waals surface area contributed by atoms with E-state index >= 15 is 0 Å². The standard InChI is InChI=1S/C17H20NO2/c1-18-6-5-11-3-2-4-13(17(11)18)14-8-16-15(19-10-20-16)7-12(14)9-18/h3,7-8,13,17H,2,4-6,9-10H2,1H3/q+1/t13-,17+,18+/m0/s1. The molecular formula is C17H20NO2+. The molecular weight excluding hydrogens is 250 g/mol. The Balaban J connectivity index is 1.71. The van der Waals surface area contributed by atoms with Gasteiger partial charge in [0, 0.05) is 17.9 Å². The van der Waals surface area contributed by atoms with Gasteiger partial charge in [-0.3, -0.25) is 0 Å². The van der Waals surface area contributed by atoms with Crippen molar-refractivity contribution >= 4 is 0 Å². The van der Waals surface area contributed by atoms with Gasteiger partial charge >= 0.3 is 0 Å². The fourth-order valence-corrected chi connectivity index (χ4v) is 4.97. The molecule has 0 aromatic heterocycles. The Kier molecular flexibility index (Phi) is 2.01. The molecule has 1 fully saturated rings. The largest absolute Gasteiger partial charge is 0.454 e. The number of benzene rings is 1. The van der Waals surface area contributed by atoms with Crippen molar-refractivity contribution in [1.29, 1.82) is 0 Å². The van der Waals surface area contributed by atoms with Crippen LogP contribution in [0.2, 0.25) is 0 Å². The Morgan fingerprint density at radius 2 is 2.05 bits per heavy atom. The van der Waals surface area contributed by atoms with Gasteiger partial charge in [-0.25, -0.2) is 0 Å². The van der Waals surface area contributed by atoms with Crippen LogP contribution in [0.3, 0.4) is 0 Å². The summed E-state index contributed by atoms with van der Waals surface area (Å²) in [7, 11) is 2.44. The van der Waals surface area contributed by atoms with E-state index in [1.54, 1.807) is 5.57 Å². The van der Waals surface area contributed by atoms with Crippen molar-refractivity contribution in [2.45, 2.75) is 37.8 Å². The summed E-state index contributed by atoms with van der Waals surface area (Å²) >= 11 is 0. The zero-order valence-corrected chi connectivity index (χ0v) is 11.9. The molecule has 0 N–H and O–H groups in total. The lowest BCUT2D eigenvalue weighted by Crippen LogP contribution is -2.53. The third kappa shape index (κ3) is 1.29.